The lowest BCUT2D eigenvalue weighted by Gasteiger charge is -2.45. The zero-order valence-corrected chi connectivity index (χ0v) is 25.0. The fourth-order valence-electron chi connectivity index (χ4n) is 8.08. The number of hydrogen-bond donors (Lipinski definition) is 0. The summed E-state index contributed by atoms with van der Waals surface area (Å²) in [5.74, 6) is 1.69. The van der Waals surface area contributed by atoms with Crippen LogP contribution >= 0.6 is 0 Å². The predicted molar refractivity (Wildman–Crippen MR) is 187 cm³/mol. The standard InChI is InChI=1S/C43H28N2O/c1-2-14-29(15-3-1)44-37-21-9-8-20-35(37)43(33-18-6-4-16-31(33)32-17-5-7-19-34(32)43)36-27-26-30(28-40(36)44)45-38-22-10-12-24-41(38)46-42-25-13-11-23-39(42)45/h1-28H. The van der Waals surface area contributed by atoms with Crippen molar-refractivity contribution in [3.8, 4) is 22.6 Å². The summed E-state index contributed by atoms with van der Waals surface area (Å²) >= 11 is 0. The van der Waals surface area contributed by atoms with Crippen molar-refractivity contribution >= 4 is 34.1 Å². The third-order valence-electron chi connectivity index (χ3n) is 9.83. The van der Waals surface area contributed by atoms with Crippen molar-refractivity contribution in [1.29, 1.82) is 0 Å². The van der Waals surface area contributed by atoms with E-state index in [9.17, 15) is 0 Å². The Morgan fingerprint density at radius 3 is 1.48 bits per heavy atom. The zero-order valence-electron chi connectivity index (χ0n) is 25.0. The van der Waals surface area contributed by atoms with Crippen molar-refractivity contribution in [1.82, 2.24) is 0 Å². The van der Waals surface area contributed by atoms with E-state index in [2.05, 4.69) is 155 Å². The molecule has 0 fully saturated rings. The molecular formula is C43H28N2O. The molecule has 0 amide bonds. The molecular weight excluding hydrogens is 560 g/mol. The molecule has 2 heterocycles. The molecule has 0 saturated carbocycles. The number of para-hydroxylation sites is 6. The van der Waals surface area contributed by atoms with Gasteiger partial charge in [0, 0.05) is 11.4 Å². The smallest absolute Gasteiger partial charge is 0.151 e. The minimum absolute atomic E-state index is 0.469. The van der Waals surface area contributed by atoms with E-state index in [1.807, 2.05) is 24.3 Å². The van der Waals surface area contributed by atoms with Gasteiger partial charge >= 0.3 is 0 Å². The Labute approximate surface area is 268 Å². The molecule has 0 unspecified atom stereocenters. The monoisotopic (exact) mass is 588 g/mol. The average Bonchev–Trinajstić information content (AvgIpc) is 3.42. The van der Waals surface area contributed by atoms with Gasteiger partial charge in [-0.3, -0.25) is 0 Å². The molecule has 3 nitrogen and oxygen atoms in total. The second-order valence-electron chi connectivity index (χ2n) is 12.1. The molecule has 0 bridgehead atoms. The van der Waals surface area contributed by atoms with E-state index < -0.39 is 5.41 Å². The first-order chi connectivity index (χ1) is 22.8. The summed E-state index contributed by atoms with van der Waals surface area (Å²) in [6.45, 7) is 0. The van der Waals surface area contributed by atoms with Crippen LogP contribution in [-0.4, -0.2) is 0 Å². The number of hydrogen-bond acceptors (Lipinski definition) is 3. The molecule has 7 aromatic carbocycles. The summed E-state index contributed by atoms with van der Waals surface area (Å²) in [4.78, 5) is 4.78. The van der Waals surface area contributed by atoms with Gasteiger partial charge in [-0.1, -0.05) is 115 Å². The third kappa shape index (κ3) is 3.26. The first kappa shape index (κ1) is 25.3. The summed E-state index contributed by atoms with van der Waals surface area (Å²) in [6, 6.07) is 61.3. The van der Waals surface area contributed by atoms with Crippen LogP contribution in [0.25, 0.3) is 11.1 Å². The zero-order chi connectivity index (χ0) is 30.2. The van der Waals surface area contributed by atoms with Crippen molar-refractivity contribution in [3.63, 3.8) is 0 Å². The van der Waals surface area contributed by atoms with E-state index in [1.54, 1.807) is 0 Å². The Morgan fingerprint density at radius 1 is 0.348 bits per heavy atom. The van der Waals surface area contributed by atoms with Gasteiger partial charge < -0.3 is 14.5 Å². The Bertz CT molecular complexity index is 2230. The number of rotatable bonds is 2. The lowest BCUT2D eigenvalue weighted by Crippen LogP contribution is -2.36. The Morgan fingerprint density at radius 2 is 0.826 bits per heavy atom. The number of ether oxygens (including phenoxy) is 1. The Hall–Kier alpha value is -6.06. The molecule has 3 heteroatoms. The highest BCUT2D eigenvalue weighted by atomic mass is 16.5. The Balaban J connectivity index is 1.32. The van der Waals surface area contributed by atoms with E-state index >= 15 is 0 Å². The fourth-order valence-corrected chi connectivity index (χ4v) is 8.08. The second-order valence-corrected chi connectivity index (χ2v) is 12.1. The molecule has 0 saturated heterocycles. The molecule has 2 aliphatic heterocycles. The van der Waals surface area contributed by atoms with Gasteiger partial charge in [-0.15, -0.1) is 0 Å². The van der Waals surface area contributed by atoms with Crippen LogP contribution in [0.3, 0.4) is 0 Å². The lowest BCUT2D eigenvalue weighted by atomic mass is 9.64. The summed E-state index contributed by atoms with van der Waals surface area (Å²) in [5, 5.41) is 0. The first-order valence-corrected chi connectivity index (χ1v) is 15.8. The SMILES string of the molecule is c1ccc(N2c3ccccc3C3(c4ccccc4-c4ccccc43)c3ccc(N4c5ccccc5Oc5ccccc54)cc32)cc1. The van der Waals surface area contributed by atoms with Crippen molar-refractivity contribution in [2.75, 3.05) is 9.80 Å². The minimum Gasteiger partial charge on any atom is -0.453 e. The molecule has 216 valence electrons. The van der Waals surface area contributed by atoms with E-state index in [-0.39, 0.29) is 0 Å². The van der Waals surface area contributed by atoms with Gasteiger partial charge in [0.1, 0.15) is 0 Å². The van der Waals surface area contributed by atoms with E-state index in [4.69, 9.17) is 4.74 Å². The molecule has 0 atom stereocenters. The molecule has 1 aliphatic carbocycles. The highest BCUT2D eigenvalue weighted by Gasteiger charge is 2.51. The molecule has 0 radical (unpaired) electrons. The summed E-state index contributed by atoms with van der Waals surface area (Å²) in [7, 11) is 0. The van der Waals surface area contributed by atoms with Crippen LogP contribution in [0.2, 0.25) is 0 Å². The van der Waals surface area contributed by atoms with Gasteiger partial charge in [0.05, 0.1) is 28.2 Å². The maximum atomic E-state index is 6.38. The first-order valence-electron chi connectivity index (χ1n) is 15.8. The van der Waals surface area contributed by atoms with Gasteiger partial charge in [0.2, 0.25) is 0 Å². The lowest BCUT2D eigenvalue weighted by molar-refractivity contribution is 0.477. The summed E-state index contributed by atoms with van der Waals surface area (Å²) in [6.07, 6.45) is 0. The van der Waals surface area contributed by atoms with Crippen molar-refractivity contribution in [2.24, 2.45) is 0 Å². The molecule has 0 N–H and O–H groups in total. The van der Waals surface area contributed by atoms with Gasteiger partial charge in [-0.2, -0.15) is 0 Å². The van der Waals surface area contributed by atoms with Crippen LogP contribution in [0, 0.1) is 0 Å². The van der Waals surface area contributed by atoms with Gasteiger partial charge in [0.25, 0.3) is 0 Å². The topological polar surface area (TPSA) is 15.7 Å². The summed E-state index contributed by atoms with van der Waals surface area (Å²) in [5.41, 5.74) is 13.9. The van der Waals surface area contributed by atoms with Crippen molar-refractivity contribution in [3.05, 3.63) is 192 Å². The predicted octanol–water partition coefficient (Wildman–Crippen LogP) is 11.4. The van der Waals surface area contributed by atoms with Gasteiger partial charge in [0.15, 0.2) is 11.5 Å². The minimum atomic E-state index is -0.469. The second kappa shape index (κ2) is 9.47. The van der Waals surface area contributed by atoms with Crippen LogP contribution in [-0.2, 0) is 5.41 Å². The van der Waals surface area contributed by atoms with Crippen LogP contribution in [0.5, 0.6) is 11.5 Å². The number of fused-ring (bicyclic) bond motifs is 11. The highest BCUT2D eigenvalue weighted by Crippen LogP contribution is 2.64. The van der Waals surface area contributed by atoms with Crippen LogP contribution < -0.4 is 14.5 Å². The quantitative estimate of drug-likeness (QED) is 0.200. The molecule has 3 aliphatic rings. The number of nitrogens with zero attached hydrogens (tertiary/aromatic N) is 2. The van der Waals surface area contributed by atoms with Crippen LogP contribution in [0.15, 0.2) is 170 Å². The molecule has 10 rings (SSSR count). The normalized spacial score (nSPS) is 14.3. The summed E-state index contributed by atoms with van der Waals surface area (Å²) < 4.78 is 6.38. The number of anilines is 6. The van der Waals surface area contributed by atoms with Gasteiger partial charge in [-0.25, -0.2) is 0 Å². The maximum Gasteiger partial charge on any atom is 0.151 e. The molecule has 1 spiro atoms. The number of benzene rings is 7. The van der Waals surface area contributed by atoms with E-state index in [0.29, 0.717) is 0 Å². The maximum absolute atomic E-state index is 6.38. The van der Waals surface area contributed by atoms with Crippen LogP contribution in [0.4, 0.5) is 34.1 Å². The molecule has 7 aromatic rings. The van der Waals surface area contributed by atoms with Gasteiger partial charge in [-0.05, 0) is 88.0 Å². The van der Waals surface area contributed by atoms with Crippen molar-refractivity contribution in [2.45, 2.75) is 5.41 Å². The Kier molecular flexibility index (Phi) is 5.20. The van der Waals surface area contributed by atoms with E-state index in [0.717, 1.165) is 39.9 Å². The van der Waals surface area contributed by atoms with Crippen LogP contribution in [0.1, 0.15) is 22.3 Å². The van der Waals surface area contributed by atoms with Crippen molar-refractivity contribution < 1.29 is 4.74 Å². The molecule has 46 heavy (non-hydrogen) atoms. The molecule has 0 aromatic heterocycles. The highest BCUT2D eigenvalue weighted by molar-refractivity contribution is 5.97. The third-order valence-corrected chi connectivity index (χ3v) is 9.83. The fraction of sp³-hybridized carbons (Fsp3) is 0.0233. The van der Waals surface area contributed by atoms with E-state index in [1.165, 1.54) is 39.1 Å². The largest absolute Gasteiger partial charge is 0.453 e. The average molecular weight is 589 g/mol.